The largest absolute Gasteiger partial charge is 0.479 e. The molecule has 0 spiro atoms. The minimum absolute atomic E-state index is 0.110. The molecular weight excluding hydrogens is 241 g/mol. The first-order valence-electron chi connectivity index (χ1n) is 5.70. The summed E-state index contributed by atoms with van der Waals surface area (Å²) in [4.78, 5) is 24.0. The van der Waals surface area contributed by atoms with Gasteiger partial charge in [-0.2, -0.15) is 5.10 Å². The molecule has 1 aromatic rings. The number of carbonyl (C=O) groups excluding carboxylic acids is 1. The molecule has 1 atom stereocenters. The summed E-state index contributed by atoms with van der Waals surface area (Å²) in [5.74, 6) is -1.89. The molecule has 1 saturated heterocycles. The average Bonchev–Trinajstić information content (AvgIpc) is 2.95. The van der Waals surface area contributed by atoms with Gasteiger partial charge < -0.3 is 10.0 Å². The van der Waals surface area contributed by atoms with Crippen LogP contribution >= 0.6 is 0 Å². The smallest absolute Gasteiger partial charge is 0.343 e. The Morgan fingerprint density at radius 3 is 2.83 bits per heavy atom. The number of aliphatic carboxylic acids is 1. The highest BCUT2D eigenvalue weighted by atomic mass is 19.1. The molecule has 1 aliphatic heterocycles. The van der Waals surface area contributed by atoms with E-state index in [4.69, 9.17) is 5.11 Å². The van der Waals surface area contributed by atoms with Gasteiger partial charge in [0.25, 0.3) is 5.91 Å². The van der Waals surface area contributed by atoms with Gasteiger partial charge in [-0.25, -0.2) is 9.18 Å². The van der Waals surface area contributed by atoms with Crippen LogP contribution in [-0.4, -0.2) is 50.4 Å². The number of hydrogen-bond donors (Lipinski definition) is 1. The molecule has 1 N–H and O–H groups in total. The van der Waals surface area contributed by atoms with Crippen molar-refractivity contribution in [1.82, 2.24) is 14.7 Å². The molecule has 1 aromatic heterocycles. The zero-order valence-corrected chi connectivity index (χ0v) is 9.97. The first kappa shape index (κ1) is 12.5. The average molecular weight is 255 g/mol. The van der Waals surface area contributed by atoms with Gasteiger partial charge in [0, 0.05) is 25.7 Å². The number of carboxylic acid groups (broad SMARTS) is 1. The number of likely N-dealkylation sites (tertiary alicyclic amines) is 1. The van der Waals surface area contributed by atoms with Crippen molar-refractivity contribution in [3.63, 3.8) is 0 Å². The molecule has 1 fully saturated rings. The number of amides is 1. The molecule has 18 heavy (non-hydrogen) atoms. The van der Waals surface area contributed by atoms with E-state index in [2.05, 4.69) is 5.10 Å². The van der Waals surface area contributed by atoms with E-state index < -0.39 is 18.2 Å². The molecule has 0 radical (unpaired) electrons. The van der Waals surface area contributed by atoms with E-state index in [9.17, 15) is 14.0 Å². The molecule has 0 saturated carbocycles. The van der Waals surface area contributed by atoms with Crippen LogP contribution in [0.5, 0.6) is 0 Å². The van der Waals surface area contributed by atoms with Crippen molar-refractivity contribution in [3.05, 3.63) is 18.0 Å². The van der Waals surface area contributed by atoms with Crippen molar-refractivity contribution in [2.45, 2.75) is 25.6 Å². The van der Waals surface area contributed by atoms with Gasteiger partial charge in [0.1, 0.15) is 0 Å². The number of carbonyl (C=O) groups is 2. The molecular formula is C11H14FN3O3. The minimum Gasteiger partial charge on any atom is -0.479 e. The Labute approximate surface area is 103 Å². The van der Waals surface area contributed by atoms with Crippen molar-refractivity contribution in [2.24, 2.45) is 0 Å². The Kier molecular flexibility index (Phi) is 3.06. The fourth-order valence-electron chi connectivity index (χ4n) is 1.95. The summed E-state index contributed by atoms with van der Waals surface area (Å²) in [5, 5.41) is 12.7. The van der Waals surface area contributed by atoms with E-state index in [1.165, 1.54) is 11.1 Å². The molecule has 2 rings (SSSR count). The summed E-state index contributed by atoms with van der Waals surface area (Å²) < 4.78 is 15.4. The van der Waals surface area contributed by atoms with E-state index in [-0.39, 0.29) is 18.9 Å². The zero-order valence-electron chi connectivity index (χ0n) is 9.97. The number of carboxylic acids is 1. The standard InChI is InChI=1S/C11H14FN3O3/c1-2-15-6-8(5-13-15)9(16)14-4-3-11(12,7-14)10(17)18/h5-6H,2-4,7H2,1H3,(H,17,18). The molecule has 2 heterocycles. The Balaban J connectivity index is 2.10. The number of aromatic nitrogens is 2. The van der Waals surface area contributed by atoms with Crippen molar-refractivity contribution < 1.29 is 19.1 Å². The van der Waals surface area contributed by atoms with Crippen LogP contribution in [-0.2, 0) is 11.3 Å². The summed E-state index contributed by atoms with van der Waals surface area (Å²) in [6.07, 6.45) is 2.81. The number of alkyl halides is 1. The molecule has 1 unspecified atom stereocenters. The number of nitrogens with zero attached hydrogens (tertiary/aromatic N) is 3. The van der Waals surface area contributed by atoms with Crippen LogP contribution in [0.25, 0.3) is 0 Å². The maximum Gasteiger partial charge on any atom is 0.343 e. The first-order chi connectivity index (χ1) is 8.46. The third-order valence-corrected chi connectivity index (χ3v) is 3.09. The minimum atomic E-state index is -2.32. The van der Waals surface area contributed by atoms with Crippen LogP contribution in [0.3, 0.4) is 0 Å². The highest BCUT2D eigenvalue weighted by molar-refractivity contribution is 5.94. The van der Waals surface area contributed by atoms with Crippen molar-refractivity contribution in [2.75, 3.05) is 13.1 Å². The zero-order chi connectivity index (χ0) is 13.3. The van der Waals surface area contributed by atoms with Gasteiger partial charge in [-0.05, 0) is 6.92 Å². The Bertz CT molecular complexity index is 488. The Morgan fingerprint density at radius 1 is 1.61 bits per heavy atom. The second-order valence-electron chi connectivity index (χ2n) is 4.33. The summed E-state index contributed by atoms with van der Waals surface area (Å²) >= 11 is 0. The quantitative estimate of drug-likeness (QED) is 0.855. The van der Waals surface area contributed by atoms with Crippen LogP contribution in [0.4, 0.5) is 4.39 Å². The van der Waals surface area contributed by atoms with Gasteiger partial charge in [0.2, 0.25) is 5.67 Å². The molecule has 0 aromatic carbocycles. The Morgan fingerprint density at radius 2 is 2.33 bits per heavy atom. The van der Waals surface area contributed by atoms with E-state index >= 15 is 0 Å². The van der Waals surface area contributed by atoms with Crippen LogP contribution in [0.2, 0.25) is 0 Å². The first-order valence-corrected chi connectivity index (χ1v) is 5.70. The maximum absolute atomic E-state index is 13.8. The van der Waals surface area contributed by atoms with Gasteiger partial charge in [0.05, 0.1) is 18.3 Å². The van der Waals surface area contributed by atoms with E-state index in [0.717, 1.165) is 0 Å². The molecule has 7 heteroatoms. The molecule has 0 aliphatic carbocycles. The molecule has 1 aliphatic rings. The fourth-order valence-corrected chi connectivity index (χ4v) is 1.95. The molecule has 6 nitrogen and oxygen atoms in total. The lowest BCUT2D eigenvalue weighted by Gasteiger charge is -2.16. The SMILES string of the molecule is CCn1cc(C(=O)N2CCC(F)(C(=O)O)C2)cn1. The topological polar surface area (TPSA) is 75.4 Å². The number of aryl methyl sites for hydroxylation is 1. The van der Waals surface area contributed by atoms with Crippen LogP contribution in [0, 0.1) is 0 Å². The third kappa shape index (κ3) is 2.07. The summed E-state index contributed by atoms with van der Waals surface area (Å²) in [6.45, 7) is 2.22. The Hall–Kier alpha value is -1.92. The van der Waals surface area contributed by atoms with E-state index in [1.807, 2.05) is 6.92 Å². The number of halogens is 1. The van der Waals surface area contributed by atoms with Gasteiger partial charge >= 0.3 is 5.97 Å². The maximum atomic E-state index is 13.8. The fraction of sp³-hybridized carbons (Fsp3) is 0.545. The summed E-state index contributed by atoms with van der Waals surface area (Å²) in [7, 11) is 0. The highest BCUT2D eigenvalue weighted by Crippen LogP contribution is 2.27. The predicted octanol–water partition coefficient (Wildman–Crippen LogP) is 0.542. The van der Waals surface area contributed by atoms with Crippen LogP contribution in [0.15, 0.2) is 12.4 Å². The van der Waals surface area contributed by atoms with Gasteiger partial charge in [0.15, 0.2) is 0 Å². The monoisotopic (exact) mass is 255 g/mol. The van der Waals surface area contributed by atoms with Crippen molar-refractivity contribution in [1.29, 1.82) is 0 Å². The predicted molar refractivity (Wildman–Crippen MR) is 59.9 cm³/mol. The molecule has 1 amide bonds. The van der Waals surface area contributed by atoms with Crippen molar-refractivity contribution in [3.8, 4) is 0 Å². The molecule has 0 bridgehead atoms. The molecule has 98 valence electrons. The van der Waals surface area contributed by atoms with E-state index in [0.29, 0.717) is 12.1 Å². The second-order valence-corrected chi connectivity index (χ2v) is 4.33. The van der Waals surface area contributed by atoms with Gasteiger partial charge in [-0.15, -0.1) is 0 Å². The lowest BCUT2D eigenvalue weighted by molar-refractivity contribution is -0.149. The lowest BCUT2D eigenvalue weighted by atomic mass is 10.1. The van der Waals surface area contributed by atoms with Crippen molar-refractivity contribution >= 4 is 11.9 Å². The number of rotatable bonds is 3. The highest BCUT2D eigenvalue weighted by Gasteiger charge is 2.47. The normalized spacial score (nSPS) is 23.3. The van der Waals surface area contributed by atoms with Crippen LogP contribution < -0.4 is 0 Å². The lowest BCUT2D eigenvalue weighted by Crippen LogP contribution is -2.38. The number of hydrogen-bond acceptors (Lipinski definition) is 3. The second kappa shape index (κ2) is 4.40. The van der Waals surface area contributed by atoms with Gasteiger partial charge in [-0.3, -0.25) is 9.48 Å². The third-order valence-electron chi connectivity index (χ3n) is 3.09. The van der Waals surface area contributed by atoms with Gasteiger partial charge in [-0.1, -0.05) is 0 Å². The summed E-state index contributed by atoms with van der Waals surface area (Å²) in [6, 6.07) is 0. The van der Waals surface area contributed by atoms with E-state index in [1.54, 1.807) is 10.9 Å². The summed E-state index contributed by atoms with van der Waals surface area (Å²) in [5.41, 5.74) is -1.97. The van der Waals surface area contributed by atoms with Crippen LogP contribution in [0.1, 0.15) is 23.7 Å².